The van der Waals surface area contributed by atoms with Gasteiger partial charge in [-0.25, -0.2) is 0 Å². The maximum absolute atomic E-state index is 10.3. The Balaban J connectivity index is 2.82. The van der Waals surface area contributed by atoms with Gasteiger partial charge in [-0.15, -0.1) is 0 Å². The van der Waals surface area contributed by atoms with E-state index in [1.165, 1.54) is 0 Å². The van der Waals surface area contributed by atoms with E-state index in [0.717, 1.165) is 23.6 Å². The van der Waals surface area contributed by atoms with E-state index in [-0.39, 0.29) is 6.10 Å². The maximum Gasteiger partial charge on any atom is 0.165 e. The number of aliphatic hydroxyl groups is 1. The Bertz CT molecular complexity index is 476. The van der Waals surface area contributed by atoms with Gasteiger partial charge in [-0.05, 0) is 25.8 Å². The standard InChI is InChI=1S/C19H33NO4/c1-14(2)10-20(12-17(21)13-24-15(3)4)11-16-8-7-9-18(22-5)19(16)23-6/h7-9,14-15,17,21H,10-13H2,1-6H3. The first-order chi connectivity index (χ1) is 11.4. The molecule has 1 aromatic carbocycles. The molecule has 1 unspecified atom stereocenters. The van der Waals surface area contributed by atoms with Crippen LogP contribution in [0.2, 0.25) is 0 Å². The lowest BCUT2D eigenvalue weighted by atomic mass is 10.1. The monoisotopic (exact) mass is 339 g/mol. The van der Waals surface area contributed by atoms with E-state index in [9.17, 15) is 5.11 Å². The number of hydrogen-bond acceptors (Lipinski definition) is 5. The van der Waals surface area contributed by atoms with Crippen molar-refractivity contribution in [2.24, 2.45) is 5.92 Å². The fourth-order valence-electron chi connectivity index (χ4n) is 2.69. The fourth-order valence-corrected chi connectivity index (χ4v) is 2.69. The number of hydrogen-bond donors (Lipinski definition) is 1. The summed E-state index contributed by atoms with van der Waals surface area (Å²) in [6.45, 7) is 10.8. The second-order valence-electron chi connectivity index (χ2n) is 6.78. The summed E-state index contributed by atoms with van der Waals surface area (Å²) < 4.78 is 16.4. The Kier molecular flexibility index (Phi) is 9.11. The van der Waals surface area contributed by atoms with Crippen molar-refractivity contribution in [1.82, 2.24) is 4.90 Å². The Morgan fingerprint density at radius 3 is 2.29 bits per heavy atom. The minimum absolute atomic E-state index is 0.122. The van der Waals surface area contributed by atoms with Crippen LogP contribution in [0.25, 0.3) is 0 Å². The first kappa shape index (κ1) is 20.7. The first-order valence-corrected chi connectivity index (χ1v) is 8.59. The molecule has 0 fully saturated rings. The van der Waals surface area contributed by atoms with Crippen LogP contribution in [0, 0.1) is 5.92 Å². The number of ether oxygens (including phenoxy) is 3. The quantitative estimate of drug-likeness (QED) is 0.672. The summed E-state index contributed by atoms with van der Waals surface area (Å²) >= 11 is 0. The van der Waals surface area contributed by atoms with Gasteiger partial charge in [-0.1, -0.05) is 26.0 Å². The lowest BCUT2D eigenvalue weighted by Crippen LogP contribution is -2.37. The highest BCUT2D eigenvalue weighted by Gasteiger charge is 2.17. The van der Waals surface area contributed by atoms with Crippen molar-refractivity contribution in [1.29, 1.82) is 0 Å². The van der Waals surface area contributed by atoms with Gasteiger partial charge in [0.15, 0.2) is 11.5 Å². The van der Waals surface area contributed by atoms with Crippen LogP contribution in [0.4, 0.5) is 0 Å². The molecule has 5 heteroatoms. The molecule has 5 nitrogen and oxygen atoms in total. The molecule has 0 aliphatic rings. The third kappa shape index (κ3) is 7.07. The second-order valence-corrected chi connectivity index (χ2v) is 6.78. The zero-order chi connectivity index (χ0) is 18.1. The Morgan fingerprint density at radius 2 is 1.75 bits per heavy atom. The molecule has 1 atom stereocenters. The van der Waals surface area contributed by atoms with Gasteiger partial charge < -0.3 is 19.3 Å². The average molecular weight is 339 g/mol. The molecule has 0 aromatic heterocycles. The van der Waals surface area contributed by atoms with E-state index in [0.29, 0.717) is 25.6 Å². The van der Waals surface area contributed by atoms with Gasteiger partial charge in [0.2, 0.25) is 0 Å². The molecule has 24 heavy (non-hydrogen) atoms. The molecule has 0 spiro atoms. The fraction of sp³-hybridized carbons (Fsp3) is 0.684. The van der Waals surface area contributed by atoms with Crippen molar-refractivity contribution in [3.63, 3.8) is 0 Å². The third-order valence-corrected chi connectivity index (χ3v) is 3.59. The summed E-state index contributed by atoms with van der Waals surface area (Å²) in [4.78, 5) is 2.23. The highest BCUT2D eigenvalue weighted by molar-refractivity contribution is 5.46. The van der Waals surface area contributed by atoms with E-state index in [4.69, 9.17) is 14.2 Å². The summed E-state index contributed by atoms with van der Waals surface area (Å²) in [6, 6.07) is 5.88. The topological polar surface area (TPSA) is 51.2 Å². The van der Waals surface area contributed by atoms with Crippen LogP contribution in [0.1, 0.15) is 33.3 Å². The lowest BCUT2D eigenvalue weighted by Gasteiger charge is -2.28. The number of benzene rings is 1. The van der Waals surface area contributed by atoms with Gasteiger partial charge >= 0.3 is 0 Å². The normalized spacial score (nSPS) is 12.9. The zero-order valence-corrected chi connectivity index (χ0v) is 15.9. The molecule has 138 valence electrons. The summed E-state index contributed by atoms with van der Waals surface area (Å²) in [5, 5.41) is 10.3. The third-order valence-electron chi connectivity index (χ3n) is 3.59. The first-order valence-electron chi connectivity index (χ1n) is 8.59. The molecular formula is C19H33NO4. The minimum atomic E-state index is -0.511. The van der Waals surface area contributed by atoms with Gasteiger partial charge in [0.25, 0.3) is 0 Å². The molecule has 0 aliphatic carbocycles. The number of rotatable bonds is 11. The molecule has 0 saturated heterocycles. The van der Waals surface area contributed by atoms with Gasteiger partial charge in [-0.3, -0.25) is 4.90 Å². The number of para-hydroxylation sites is 1. The number of nitrogens with zero attached hydrogens (tertiary/aromatic N) is 1. The van der Waals surface area contributed by atoms with Gasteiger partial charge in [0, 0.05) is 25.2 Å². The molecule has 1 aromatic rings. The van der Waals surface area contributed by atoms with E-state index >= 15 is 0 Å². The van der Waals surface area contributed by atoms with Crippen molar-refractivity contribution < 1.29 is 19.3 Å². The van der Waals surface area contributed by atoms with Crippen molar-refractivity contribution in [2.45, 2.75) is 46.4 Å². The molecule has 0 bridgehead atoms. The molecule has 0 aliphatic heterocycles. The summed E-state index contributed by atoms with van der Waals surface area (Å²) in [6.07, 6.45) is -0.389. The SMILES string of the molecule is COc1cccc(CN(CC(C)C)CC(O)COC(C)C)c1OC. The van der Waals surface area contributed by atoms with Crippen LogP contribution in [0.5, 0.6) is 11.5 Å². The van der Waals surface area contributed by atoms with Crippen LogP contribution in [-0.2, 0) is 11.3 Å². The van der Waals surface area contributed by atoms with Crippen molar-refractivity contribution in [3.05, 3.63) is 23.8 Å². The average Bonchev–Trinajstić information content (AvgIpc) is 2.51. The van der Waals surface area contributed by atoms with Crippen molar-refractivity contribution >= 4 is 0 Å². The minimum Gasteiger partial charge on any atom is -0.493 e. The number of aliphatic hydroxyl groups excluding tert-OH is 1. The molecule has 0 radical (unpaired) electrons. The summed E-state index contributed by atoms with van der Waals surface area (Å²) in [5.41, 5.74) is 1.05. The largest absolute Gasteiger partial charge is 0.493 e. The highest BCUT2D eigenvalue weighted by Crippen LogP contribution is 2.31. The van der Waals surface area contributed by atoms with Crippen LogP contribution < -0.4 is 9.47 Å². The Labute approximate surface area is 146 Å². The number of methoxy groups -OCH3 is 2. The van der Waals surface area contributed by atoms with E-state index in [2.05, 4.69) is 18.7 Å². The summed E-state index contributed by atoms with van der Waals surface area (Å²) in [5.74, 6) is 1.98. The molecule has 0 saturated carbocycles. The van der Waals surface area contributed by atoms with E-state index in [1.54, 1.807) is 14.2 Å². The second kappa shape index (κ2) is 10.5. The molecule has 1 rings (SSSR count). The Hall–Kier alpha value is -1.30. The Morgan fingerprint density at radius 1 is 1.04 bits per heavy atom. The van der Waals surface area contributed by atoms with Gasteiger partial charge in [0.05, 0.1) is 33.0 Å². The molecule has 0 heterocycles. The summed E-state index contributed by atoms with van der Waals surface area (Å²) in [7, 11) is 3.29. The molecular weight excluding hydrogens is 306 g/mol. The predicted molar refractivity (Wildman–Crippen MR) is 96.8 cm³/mol. The van der Waals surface area contributed by atoms with Gasteiger partial charge in [-0.2, -0.15) is 0 Å². The van der Waals surface area contributed by atoms with Crippen LogP contribution >= 0.6 is 0 Å². The van der Waals surface area contributed by atoms with Crippen molar-refractivity contribution in [2.75, 3.05) is 33.9 Å². The van der Waals surface area contributed by atoms with Crippen LogP contribution in [0.15, 0.2) is 18.2 Å². The van der Waals surface area contributed by atoms with E-state index < -0.39 is 6.10 Å². The van der Waals surface area contributed by atoms with Crippen LogP contribution in [0.3, 0.4) is 0 Å². The molecule has 1 N–H and O–H groups in total. The van der Waals surface area contributed by atoms with Crippen molar-refractivity contribution in [3.8, 4) is 11.5 Å². The predicted octanol–water partition coefficient (Wildman–Crippen LogP) is 2.95. The smallest absolute Gasteiger partial charge is 0.165 e. The van der Waals surface area contributed by atoms with E-state index in [1.807, 2.05) is 32.0 Å². The van der Waals surface area contributed by atoms with Crippen LogP contribution in [-0.4, -0.2) is 56.1 Å². The van der Waals surface area contributed by atoms with Gasteiger partial charge in [0.1, 0.15) is 0 Å². The zero-order valence-electron chi connectivity index (χ0n) is 15.9. The molecule has 0 amide bonds. The lowest BCUT2D eigenvalue weighted by molar-refractivity contribution is -0.0109. The highest BCUT2D eigenvalue weighted by atomic mass is 16.5. The maximum atomic E-state index is 10.3.